The van der Waals surface area contributed by atoms with Crippen LogP contribution in [-0.4, -0.2) is 15.7 Å². The summed E-state index contributed by atoms with van der Waals surface area (Å²) in [7, 11) is 0. The van der Waals surface area contributed by atoms with Crippen LogP contribution in [0.25, 0.3) is 16.9 Å². The summed E-state index contributed by atoms with van der Waals surface area (Å²) in [4.78, 5) is 15.5. The van der Waals surface area contributed by atoms with Gasteiger partial charge in [-0.25, -0.2) is 4.68 Å². The van der Waals surface area contributed by atoms with Crippen molar-refractivity contribution in [1.29, 1.82) is 0 Å². The zero-order valence-electron chi connectivity index (χ0n) is 18.1. The smallest absolute Gasteiger partial charge is 0.259 e. The van der Waals surface area contributed by atoms with Crippen LogP contribution in [0.5, 0.6) is 0 Å². The number of anilines is 1. The highest BCUT2D eigenvalue weighted by Gasteiger charge is 2.20. The van der Waals surface area contributed by atoms with E-state index in [2.05, 4.69) is 5.32 Å². The Morgan fingerprint density at radius 1 is 0.794 bits per heavy atom. The number of nitrogens with one attached hydrogen (secondary N) is 1. The third-order valence-corrected chi connectivity index (χ3v) is 6.54. The fraction of sp³-hybridized carbons (Fsp3) is 0. The number of rotatable bonds is 6. The Balaban J connectivity index is 1.48. The molecule has 1 N–H and O–H groups in total. The summed E-state index contributed by atoms with van der Waals surface area (Å²) in [6.45, 7) is 0. The number of aromatic nitrogens is 2. The molecule has 0 fully saturated rings. The van der Waals surface area contributed by atoms with Crippen LogP contribution < -0.4 is 5.32 Å². The second-order valence-corrected chi connectivity index (χ2v) is 9.10. The predicted octanol–water partition coefficient (Wildman–Crippen LogP) is 7.60. The van der Waals surface area contributed by atoms with Gasteiger partial charge >= 0.3 is 0 Å². The molecular formula is C28H20ClN3OS. The number of hydrogen-bond acceptors (Lipinski definition) is 3. The van der Waals surface area contributed by atoms with Gasteiger partial charge in [0.2, 0.25) is 0 Å². The van der Waals surface area contributed by atoms with Gasteiger partial charge in [-0.05, 0) is 48.5 Å². The van der Waals surface area contributed by atoms with Crippen molar-refractivity contribution in [2.75, 3.05) is 5.32 Å². The first kappa shape index (κ1) is 22.0. The first-order chi connectivity index (χ1) is 16.7. The van der Waals surface area contributed by atoms with Crippen molar-refractivity contribution in [3.63, 3.8) is 0 Å². The number of benzene rings is 4. The molecule has 1 heterocycles. The van der Waals surface area contributed by atoms with Gasteiger partial charge in [0, 0.05) is 26.6 Å². The number of amides is 1. The van der Waals surface area contributed by atoms with Gasteiger partial charge < -0.3 is 5.32 Å². The van der Waals surface area contributed by atoms with E-state index in [9.17, 15) is 4.79 Å². The molecular weight excluding hydrogens is 462 g/mol. The molecule has 5 rings (SSSR count). The second-order valence-electron chi connectivity index (χ2n) is 7.54. The Kier molecular flexibility index (Phi) is 6.47. The second kappa shape index (κ2) is 10.00. The molecule has 0 saturated heterocycles. The topological polar surface area (TPSA) is 46.9 Å². The third kappa shape index (κ3) is 4.91. The molecule has 166 valence electrons. The van der Waals surface area contributed by atoms with Crippen LogP contribution in [0.15, 0.2) is 125 Å². The van der Waals surface area contributed by atoms with E-state index in [-0.39, 0.29) is 5.91 Å². The van der Waals surface area contributed by atoms with Crippen molar-refractivity contribution in [3.05, 3.63) is 126 Å². The lowest BCUT2D eigenvalue weighted by atomic mass is 10.1. The van der Waals surface area contributed by atoms with E-state index in [1.165, 1.54) is 0 Å². The van der Waals surface area contributed by atoms with Crippen LogP contribution in [0.3, 0.4) is 0 Å². The standard InChI is InChI=1S/C28H20ClN3OS/c29-21-15-17-23(18-16-21)34-26-14-8-7-13-25(26)30-28(33)24-19-32(22-11-5-2-6-12-22)31-27(24)20-9-3-1-4-10-20/h1-19H,(H,30,33). The third-order valence-electron chi connectivity index (χ3n) is 5.20. The molecule has 34 heavy (non-hydrogen) atoms. The summed E-state index contributed by atoms with van der Waals surface area (Å²) in [5, 5.41) is 8.53. The minimum atomic E-state index is -0.217. The Hall–Kier alpha value is -3.80. The van der Waals surface area contributed by atoms with E-state index < -0.39 is 0 Å². The molecule has 5 aromatic rings. The lowest BCUT2D eigenvalue weighted by Crippen LogP contribution is -2.13. The van der Waals surface area contributed by atoms with Crippen molar-refractivity contribution in [2.45, 2.75) is 9.79 Å². The van der Waals surface area contributed by atoms with Gasteiger partial charge in [0.15, 0.2) is 0 Å². The molecule has 1 amide bonds. The maximum atomic E-state index is 13.5. The Bertz CT molecular complexity index is 1420. The molecule has 0 bridgehead atoms. The summed E-state index contributed by atoms with van der Waals surface area (Å²) in [6.07, 6.45) is 1.78. The quantitative estimate of drug-likeness (QED) is 0.271. The van der Waals surface area contributed by atoms with Gasteiger partial charge in [-0.15, -0.1) is 0 Å². The number of para-hydroxylation sites is 2. The largest absolute Gasteiger partial charge is 0.321 e. The minimum Gasteiger partial charge on any atom is -0.321 e. The van der Waals surface area contributed by atoms with Crippen LogP contribution >= 0.6 is 23.4 Å². The van der Waals surface area contributed by atoms with Gasteiger partial charge in [0.25, 0.3) is 5.91 Å². The Morgan fingerprint density at radius 3 is 2.18 bits per heavy atom. The van der Waals surface area contributed by atoms with E-state index >= 15 is 0 Å². The number of carbonyl (C=O) groups excluding carboxylic acids is 1. The highest BCUT2D eigenvalue weighted by atomic mass is 35.5. The lowest BCUT2D eigenvalue weighted by Gasteiger charge is -2.11. The maximum Gasteiger partial charge on any atom is 0.259 e. The highest BCUT2D eigenvalue weighted by molar-refractivity contribution is 7.99. The Labute approximate surface area is 207 Å². The predicted molar refractivity (Wildman–Crippen MR) is 139 cm³/mol. The molecule has 0 unspecified atom stereocenters. The molecule has 0 saturated carbocycles. The fourth-order valence-corrected chi connectivity index (χ4v) is 4.57. The zero-order valence-corrected chi connectivity index (χ0v) is 19.6. The zero-order chi connectivity index (χ0) is 23.3. The van der Waals surface area contributed by atoms with Crippen molar-refractivity contribution >= 4 is 35.0 Å². The van der Waals surface area contributed by atoms with Crippen LogP contribution in [-0.2, 0) is 0 Å². The van der Waals surface area contributed by atoms with Crippen LogP contribution in [0.4, 0.5) is 5.69 Å². The van der Waals surface area contributed by atoms with Crippen molar-refractivity contribution in [1.82, 2.24) is 9.78 Å². The van der Waals surface area contributed by atoms with E-state index in [1.807, 2.05) is 109 Å². The van der Waals surface area contributed by atoms with Crippen molar-refractivity contribution < 1.29 is 4.79 Å². The van der Waals surface area contributed by atoms with Crippen molar-refractivity contribution in [3.8, 4) is 16.9 Å². The summed E-state index contributed by atoms with van der Waals surface area (Å²) in [5.74, 6) is -0.217. The molecule has 0 aliphatic heterocycles. The van der Waals surface area contributed by atoms with Crippen LogP contribution in [0.1, 0.15) is 10.4 Å². The molecule has 4 nitrogen and oxygen atoms in total. The monoisotopic (exact) mass is 481 g/mol. The van der Waals surface area contributed by atoms with Gasteiger partial charge in [-0.2, -0.15) is 5.10 Å². The van der Waals surface area contributed by atoms with Crippen LogP contribution in [0, 0.1) is 0 Å². The van der Waals surface area contributed by atoms with E-state index in [1.54, 1.807) is 22.6 Å². The lowest BCUT2D eigenvalue weighted by molar-refractivity contribution is 0.102. The summed E-state index contributed by atoms with van der Waals surface area (Å²) in [6, 6.07) is 34.9. The minimum absolute atomic E-state index is 0.217. The van der Waals surface area contributed by atoms with E-state index in [0.717, 1.165) is 26.7 Å². The first-order valence-electron chi connectivity index (χ1n) is 10.7. The van der Waals surface area contributed by atoms with Crippen LogP contribution in [0.2, 0.25) is 5.02 Å². The summed E-state index contributed by atoms with van der Waals surface area (Å²) >= 11 is 7.59. The van der Waals surface area contributed by atoms with Gasteiger partial charge in [0.05, 0.1) is 16.9 Å². The number of nitrogens with zero attached hydrogens (tertiary/aromatic N) is 2. The number of carbonyl (C=O) groups is 1. The van der Waals surface area contributed by atoms with Crippen molar-refractivity contribution in [2.24, 2.45) is 0 Å². The first-order valence-corrected chi connectivity index (χ1v) is 11.9. The average Bonchev–Trinajstić information content (AvgIpc) is 3.34. The fourth-order valence-electron chi connectivity index (χ4n) is 3.54. The average molecular weight is 482 g/mol. The molecule has 6 heteroatoms. The SMILES string of the molecule is O=C(Nc1ccccc1Sc1ccc(Cl)cc1)c1cn(-c2ccccc2)nc1-c1ccccc1. The van der Waals surface area contributed by atoms with Gasteiger partial charge in [-0.1, -0.05) is 84.0 Å². The highest BCUT2D eigenvalue weighted by Crippen LogP contribution is 2.34. The van der Waals surface area contributed by atoms with E-state index in [4.69, 9.17) is 16.7 Å². The summed E-state index contributed by atoms with van der Waals surface area (Å²) < 4.78 is 1.74. The molecule has 0 aliphatic carbocycles. The number of halogens is 1. The van der Waals surface area contributed by atoms with Gasteiger partial charge in [-0.3, -0.25) is 4.79 Å². The van der Waals surface area contributed by atoms with E-state index in [0.29, 0.717) is 16.3 Å². The molecule has 0 aliphatic rings. The normalized spacial score (nSPS) is 10.7. The molecule has 4 aromatic carbocycles. The maximum absolute atomic E-state index is 13.5. The van der Waals surface area contributed by atoms with Gasteiger partial charge in [0.1, 0.15) is 5.69 Å². The molecule has 0 spiro atoms. The number of hydrogen-bond donors (Lipinski definition) is 1. The summed E-state index contributed by atoms with van der Waals surface area (Å²) in [5.41, 5.74) is 3.63. The molecule has 1 aromatic heterocycles. The molecule has 0 atom stereocenters. The molecule has 0 radical (unpaired) electrons. The Morgan fingerprint density at radius 2 is 1.44 bits per heavy atom.